The Kier molecular flexibility index (Phi) is 14.0. The molecular formula is C7H13N3O2. The molecule has 0 fully saturated rings. The molecule has 0 heterocycles. The van der Waals surface area contributed by atoms with Crippen LogP contribution in [-0.2, 0) is 0 Å². The molecule has 0 atom stereocenters. The monoisotopic (exact) mass is 171 g/mol. The Morgan fingerprint density at radius 3 is 1.58 bits per heavy atom. The van der Waals surface area contributed by atoms with Gasteiger partial charge in [-0.25, -0.2) is 0 Å². The molecule has 0 spiro atoms. The van der Waals surface area contributed by atoms with E-state index in [1.165, 1.54) is 12.1 Å². The molecule has 0 amide bonds. The van der Waals surface area contributed by atoms with Gasteiger partial charge in [-0.1, -0.05) is 0 Å². The van der Waals surface area contributed by atoms with E-state index >= 15 is 0 Å². The minimum absolute atomic E-state index is 0.163. The highest BCUT2D eigenvalue weighted by atomic mass is 16.3. The molecular weight excluding hydrogens is 158 g/mol. The molecule has 0 radical (unpaired) electrons. The molecule has 0 aliphatic heterocycles. The third kappa shape index (κ3) is 15.9. The van der Waals surface area contributed by atoms with Crippen molar-refractivity contribution in [3.8, 4) is 12.1 Å². The van der Waals surface area contributed by atoms with Gasteiger partial charge in [0, 0.05) is 13.1 Å². The van der Waals surface area contributed by atoms with E-state index in [2.05, 4.69) is 0 Å². The second-order valence-electron chi connectivity index (χ2n) is 1.97. The Bertz CT molecular complexity index is 141. The van der Waals surface area contributed by atoms with Crippen molar-refractivity contribution in [2.24, 2.45) is 0 Å². The largest absolute Gasteiger partial charge is 0.395 e. The molecule has 0 aromatic rings. The lowest BCUT2D eigenvalue weighted by atomic mass is 10.5. The van der Waals surface area contributed by atoms with Gasteiger partial charge in [0.15, 0.2) is 12.1 Å². The van der Waals surface area contributed by atoms with Crippen molar-refractivity contribution in [3.05, 3.63) is 0 Å². The van der Waals surface area contributed by atoms with E-state index in [0.29, 0.717) is 13.1 Å². The Morgan fingerprint density at radius 1 is 1.08 bits per heavy atom. The van der Waals surface area contributed by atoms with Gasteiger partial charge in [0.1, 0.15) is 0 Å². The van der Waals surface area contributed by atoms with Crippen molar-refractivity contribution in [1.29, 1.82) is 10.5 Å². The van der Waals surface area contributed by atoms with Gasteiger partial charge >= 0.3 is 0 Å². The van der Waals surface area contributed by atoms with Gasteiger partial charge in [-0.05, 0) is 7.05 Å². The summed E-state index contributed by atoms with van der Waals surface area (Å²) in [5, 5.41) is 31.2. The van der Waals surface area contributed by atoms with Crippen LogP contribution >= 0.6 is 0 Å². The third-order valence-electron chi connectivity index (χ3n) is 1.01. The number of likely N-dealkylation sites (N-methyl/N-ethyl adjacent to an activating group) is 1. The smallest absolute Gasteiger partial charge is 0.181 e. The minimum atomic E-state index is 0.163. The van der Waals surface area contributed by atoms with Gasteiger partial charge in [-0.15, -0.1) is 0 Å². The highest BCUT2D eigenvalue weighted by Gasteiger charge is 1.91. The summed E-state index contributed by atoms with van der Waals surface area (Å²) in [6.45, 7) is 1.61. The lowest BCUT2D eigenvalue weighted by Gasteiger charge is -2.11. The summed E-state index contributed by atoms with van der Waals surface area (Å²) >= 11 is 0. The number of nitriles is 2. The fraction of sp³-hybridized carbons (Fsp3) is 0.714. The van der Waals surface area contributed by atoms with Crippen LogP contribution in [0.2, 0.25) is 0 Å². The Morgan fingerprint density at radius 2 is 1.42 bits per heavy atom. The molecule has 5 heteroatoms. The van der Waals surface area contributed by atoms with Crippen LogP contribution in [0.5, 0.6) is 0 Å². The summed E-state index contributed by atoms with van der Waals surface area (Å²) < 4.78 is 0. The minimum Gasteiger partial charge on any atom is -0.395 e. The zero-order chi connectivity index (χ0) is 9.82. The molecule has 0 aliphatic rings. The number of aliphatic hydroxyl groups is 2. The normalized spacial score (nSPS) is 7.83. The zero-order valence-electron chi connectivity index (χ0n) is 7.06. The number of aliphatic hydroxyl groups excluding tert-OH is 2. The van der Waals surface area contributed by atoms with Crippen molar-refractivity contribution in [3.63, 3.8) is 0 Å². The molecule has 2 N–H and O–H groups in total. The van der Waals surface area contributed by atoms with E-state index in [0.717, 1.165) is 0 Å². The van der Waals surface area contributed by atoms with E-state index in [4.69, 9.17) is 20.7 Å². The standard InChI is InChI=1S/C5H13NO2.C2N2/c1-6(2-4-7)3-5-8;3-1-2-4/h7-8H,2-5H2,1H3;. The molecule has 0 saturated heterocycles. The predicted molar refractivity (Wildman–Crippen MR) is 42.9 cm³/mol. The zero-order valence-corrected chi connectivity index (χ0v) is 7.06. The molecule has 68 valence electrons. The van der Waals surface area contributed by atoms with Gasteiger partial charge in [0.25, 0.3) is 0 Å². The van der Waals surface area contributed by atoms with Gasteiger partial charge in [0.05, 0.1) is 13.2 Å². The molecule has 0 rings (SSSR count). The van der Waals surface area contributed by atoms with Crippen LogP contribution in [-0.4, -0.2) is 48.5 Å². The number of rotatable bonds is 4. The number of hydrogen-bond donors (Lipinski definition) is 2. The van der Waals surface area contributed by atoms with Gasteiger partial charge in [-0.2, -0.15) is 10.5 Å². The van der Waals surface area contributed by atoms with E-state index < -0.39 is 0 Å². The first-order chi connectivity index (χ1) is 5.72. The predicted octanol–water partition coefficient (Wildman–Crippen LogP) is -1.06. The highest BCUT2D eigenvalue weighted by Crippen LogP contribution is 1.76. The van der Waals surface area contributed by atoms with Gasteiger partial charge in [-0.3, -0.25) is 0 Å². The first-order valence-corrected chi connectivity index (χ1v) is 3.41. The van der Waals surface area contributed by atoms with Crippen LogP contribution in [0.1, 0.15) is 0 Å². The Balaban J connectivity index is 0. The summed E-state index contributed by atoms with van der Waals surface area (Å²) in [5.41, 5.74) is 0. The quantitative estimate of drug-likeness (QED) is 0.562. The lowest BCUT2D eigenvalue weighted by Crippen LogP contribution is -2.25. The molecule has 5 nitrogen and oxygen atoms in total. The SMILES string of the molecule is CN(CCO)CCO.N#CC#N. The van der Waals surface area contributed by atoms with E-state index in [1.54, 1.807) is 0 Å². The molecule has 0 unspecified atom stereocenters. The van der Waals surface area contributed by atoms with E-state index in [9.17, 15) is 0 Å². The average Bonchev–Trinajstić information content (AvgIpc) is 2.06. The average molecular weight is 171 g/mol. The van der Waals surface area contributed by atoms with Crippen molar-refractivity contribution in [2.75, 3.05) is 33.4 Å². The van der Waals surface area contributed by atoms with Crippen LogP contribution in [0.15, 0.2) is 0 Å². The Hall–Kier alpha value is -1.14. The summed E-state index contributed by atoms with van der Waals surface area (Å²) in [7, 11) is 1.85. The number of hydrogen-bond acceptors (Lipinski definition) is 5. The summed E-state index contributed by atoms with van der Waals surface area (Å²) in [6, 6.07) is 2.47. The molecule has 0 saturated carbocycles. The molecule has 12 heavy (non-hydrogen) atoms. The number of nitrogens with zero attached hydrogens (tertiary/aromatic N) is 3. The van der Waals surface area contributed by atoms with Crippen molar-refractivity contribution in [2.45, 2.75) is 0 Å². The van der Waals surface area contributed by atoms with Gasteiger partial charge < -0.3 is 15.1 Å². The molecule has 0 aromatic carbocycles. The van der Waals surface area contributed by atoms with Crippen LogP contribution in [0.25, 0.3) is 0 Å². The Labute approximate surface area is 72.1 Å². The fourth-order valence-electron chi connectivity index (χ4n) is 0.453. The first-order valence-electron chi connectivity index (χ1n) is 3.41. The van der Waals surface area contributed by atoms with Crippen molar-refractivity contribution >= 4 is 0 Å². The maximum atomic E-state index is 8.34. The van der Waals surface area contributed by atoms with Crippen LogP contribution in [0, 0.1) is 22.7 Å². The maximum Gasteiger partial charge on any atom is 0.181 e. The second kappa shape index (κ2) is 12.5. The molecule has 0 aromatic heterocycles. The summed E-state index contributed by atoms with van der Waals surface area (Å²) in [5.74, 6) is 0. The van der Waals surface area contributed by atoms with Crippen molar-refractivity contribution < 1.29 is 10.2 Å². The fourth-order valence-corrected chi connectivity index (χ4v) is 0.453. The second-order valence-corrected chi connectivity index (χ2v) is 1.97. The lowest BCUT2D eigenvalue weighted by molar-refractivity contribution is 0.184. The summed E-state index contributed by atoms with van der Waals surface area (Å²) in [6.07, 6.45) is 0. The van der Waals surface area contributed by atoms with E-state index in [-0.39, 0.29) is 13.2 Å². The first kappa shape index (κ1) is 13.4. The third-order valence-corrected chi connectivity index (χ3v) is 1.01. The topological polar surface area (TPSA) is 91.3 Å². The molecule has 0 bridgehead atoms. The van der Waals surface area contributed by atoms with Crippen molar-refractivity contribution in [1.82, 2.24) is 4.90 Å². The highest BCUT2D eigenvalue weighted by molar-refractivity contribution is 4.99. The van der Waals surface area contributed by atoms with Crippen LogP contribution in [0.4, 0.5) is 0 Å². The maximum absolute atomic E-state index is 8.34. The molecule has 0 aliphatic carbocycles. The van der Waals surface area contributed by atoms with Gasteiger partial charge in [0.2, 0.25) is 0 Å². The summed E-state index contributed by atoms with van der Waals surface area (Å²) in [4.78, 5) is 1.86. The van der Waals surface area contributed by atoms with E-state index in [1.807, 2.05) is 11.9 Å². The van der Waals surface area contributed by atoms with Crippen LogP contribution in [0.3, 0.4) is 0 Å². The van der Waals surface area contributed by atoms with Crippen LogP contribution < -0.4 is 0 Å².